The van der Waals surface area contributed by atoms with Gasteiger partial charge in [-0.05, 0) is 49.9 Å². The van der Waals surface area contributed by atoms with Gasteiger partial charge in [0.15, 0.2) is 5.78 Å². The lowest BCUT2D eigenvalue weighted by atomic mass is 9.89. The molecule has 0 bridgehead atoms. The lowest BCUT2D eigenvalue weighted by Gasteiger charge is -2.23. The predicted octanol–water partition coefficient (Wildman–Crippen LogP) is 2.81. The SMILES string of the molecule is O=C(c1cccc2cccnc12)C1CC12CCNCC2. The van der Waals surface area contributed by atoms with Gasteiger partial charge in [-0.2, -0.15) is 0 Å². The van der Waals surface area contributed by atoms with Gasteiger partial charge in [0.2, 0.25) is 0 Å². The van der Waals surface area contributed by atoms with Gasteiger partial charge in [-0.15, -0.1) is 0 Å². The minimum absolute atomic E-state index is 0.220. The van der Waals surface area contributed by atoms with Crippen molar-refractivity contribution in [1.29, 1.82) is 0 Å². The van der Waals surface area contributed by atoms with Crippen molar-refractivity contribution in [2.45, 2.75) is 19.3 Å². The van der Waals surface area contributed by atoms with Crippen molar-refractivity contribution in [3.05, 3.63) is 42.1 Å². The van der Waals surface area contributed by atoms with E-state index in [0.717, 1.165) is 48.8 Å². The van der Waals surface area contributed by atoms with Gasteiger partial charge in [0.05, 0.1) is 5.52 Å². The van der Waals surface area contributed by atoms with E-state index in [1.54, 1.807) is 6.20 Å². The molecule has 2 fully saturated rings. The Morgan fingerprint density at radius 3 is 2.85 bits per heavy atom. The number of hydrogen-bond acceptors (Lipinski definition) is 3. The number of carbonyl (C=O) groups is 1. The van der Waals surface area contributed by atoms with Crippen LogP contribution in [-0.2, 0) is 0 Å². The summed E-state index contributed by atoms with van der Waals surface area (Å²) in [6.07, 6.45) is 5.12. The van der Waals surface area contributed by atoms with Crippen LogP contribution in [0.2, 0.25) is 0 Å². The van der Waals surface area contributed by atoms with Crippen LogP contribution < -0.4 is 5.32 Å². The first-order valence-electron chi connectivity index (χ1n) is 7.39. The number of pyridine rings is 1. The summed E-state index contributed by atoms with van der Waals surface area (Å²) in [5.41, 5.74) is 1.96. The fourth-order valence-corrected chi connectivity index (χ4v) is 3.69. The molecule has 4 rings (SSSR count). The number of benzene rings is 1. The first-order chi connectivity index (χ1) is 9.80. The van der Waals surface area contributed by atoms with Crippen LogP contribution in [0.15, 0.2) is 36.5 Å². The van der Waals surface area contributed by atoms with E-state index in [9.17, 15) is 4.79 Å². The number of nitrogens with zero attached hydrogens (tertiary/aromatic N) is 1. The standard InChI is InChI=1S/C17H18N2O/c20-16(14-11-17(14)6-9-18-10-7-17)13-5-1-3-12-4-2-8-19-15(12)13/h1-5,8,14,18H,6-7,9-11H2. The van der Waals surface area contributed by atoms with Crippen LogP contribution in [0.1, 0.15) is 29.6 Å². The highest BCUT2D eigenvalue weighted by molar-refractivity contribution is 6.09. The van der Waals surface area contributed by atoms with Gasteiger partial charge in [0.25, 0.3) is 0 Å². The van der Waals surface area contributed by atoms with Crippen molar-refractivity contribution in [3.8, 4) is 0 Å². The molecule has 0 radical (unpaired) electrons. The number of para-hydroxylation sites is 1. The van der Waals surface area contributed by atoms with Crippen molar-refractivity contribution in [3.63, 3.8) is 0 Å². The maximum absolute atomic E-state index is 12.8. The molecule has 1 aromatic carbocycles. The minimum Gasteiger partial charge on any atom is -0.317 e. The Labute approximate surface area is 118 Å². The molecule has 102 valence electrons. The van der Waals surface area contributed by atoms with E-state index in [4.69, 9.17) is 0 Å². The first-order valence-corrected chi connectivity index (χ1v) is 7.39. The number of Topliss-reactive ketones (excluding diaryl/α,β-unsaturated/α-hetero) is 1. The molecule has 20 heavy (non-hydrogen) atoms. The third-order valence-corrected chi connectivity index (χ3v) is 5.00. The molecule has 1 spiro atoms. The van der Waals surface area contributed by atoms with Crippen LogP contribution in [-0.4, -0.2) is 23.9 Å². The van der Waals surface area contributed by atoms with Gasteiger partial charge in [-0.3, -0.25) is 9.78 Å². The number of piperidine rings is 1. The Morgan fingerprint density at radius 1 is 1.20 bits per heavy atom. The van der Waals surface area contributed by atoms with Crippen LogP contribution in [0.4, 0.5) is 0 Å². The highest BCUT2D eigenvalue weighted by Gasteiger charge is 2.57. The van der Waals surface area contributed by atoms with Crippen LogP contribution in [0, 0.1) is 11.3 Å². The number of hydrogen-bond donors (Lipinski definition) is 1. The summed E-state index contributed by atoms with van der Waals surface area (Å²) in [6, 6.07) is 9.86. The van der Waals surface area contributed by atoms with E-state index in [-0.39, 0.29) is 5.92 Å². The summed E-state index contributed by atoms with van der Waals surface area (Å²) in [5, 5.41) is 4.44. The van der Waals surface area contributed by atoms with Gasteiger partial charge in [-0.25, -0.2) is 0 Å². The average molecular weight is 266 g/mol. The van der Waals surface area contributed by atoms with Crippen LogP contribution in [0.25, 0.3) is 10.9 Å². The molecule has 3 nitrogen and oxygen atoms in total. The molecule has 1 N–H and O–H groups in total. The largest absolute Gasteiger partial charge is 0.317 e. The van der Waals surface area contributed by atoms with Gasteiger partial charge in [0, 0.05) is 23.1 Å². The summed E-state index contributed by atoms with van der Waals surface area (Å²) in [4.78, 5) is 17.2. The van der Waals surface area contributed by atoms with Gasteiger partial charge in [-0.1, -0.05) is 18.2 Å². The van der Waals surface area contributed by atoms with E-state index in [1.165, 1.54) is 0 Å². The lowest BCUT2D eigenvalue weighted by Crippen LogP contribution is -2.30. The molecule has 0 amide bonds. The lowest BCUT2D eigenvalue weighted by molar-refractivity contribution is 0.0942. The molecule has 1 unspecified atom stereocenters. The zero-order valence-electron chi connectivity index (χ0n) is 11.4. The van der Waals surface area contributed by atoms with E-state index < -0.39 is 0 Å². The molecule has 1 aliphatic carbocycles. The fourth-order valence-electron chi connectivity index (χ4n) is 3.69. The van der Waals surface area contributed by atoms with Crippen molar-refractivity contribution in [2.24, 2.45) is 11.3 Å². The molecule has 2 aliphatic rings. The van der Waals surface area contributed by atoms with Crippen LogP contribution >= 0.6 is 0 Å². The number of rotatable bonds is 2. The minimum atomic E-state index is 0.220. The first kappa shape index (κ1) is 12.0. The highest BCUT2D eigenvalue weighted by atomic mass is 16.1. The van der Waals surface area contributed by atoms with E-state index in [0.29, 0.717) is 11.2 Å². The second kappa shape index (κ2) is 4.38. The summed E-state index contributed by atoms with van der Waals surface area (Å²) in [5.74, 6) is 0.522. The second-order valence-corrected chi connectivity index (χ2v) is 6.11. The maximum atomic E-state index is 12.8. The summed E-state index contributed by atoms with van der Waals surface area (Å²) < 4.78 is 0. The van der Waals surface area contributed by atoms with Crippen molar-refractivity contribution in [1.82, 2.24) is 10.3 Å². The molecule has 1 aromatic heterocycles. The third kappa shape index (κ3) is 1.77. The molecule has 1 atom stereocenters. The number of fused-ring (bicyclic) bond motifs is 1. The molecule has 1 aliphatic heterocycles. The molecular formula is C17H18N2O. The van der Waals surface area contributed by atoms with E-state index in [1.807, 2.05) is 30.3 Å². The number of aromatic nitrogens is 1. The number of carbonyl (C=O) groups excluding carboxylic acids is 1. The van der Waals surface area contributed by atoms with Gasteiger partial charge < -0.3 is 5.32 Å². The molecule has 1 saturated heterocycles. The number of nitrogens with one attached hydrogen (secondary N) is 1. The molecular weight excluding hydrogens is 248 g/mol. The average Bonchev–Trinajstić information content (AvgIpc) is 3.20. The fraction of sp³-hybridized carbons (Fsp3) is 0.412. The maximum Gasteiger partial charge on any atom is 0.168 e. The third-order valence-electron chi connectivity index (χ3n) is 5.00. The van der Waals surface area contributed by atoms with Crippen molar-refractivity contribution < 1.29 is 4.79 Å². The highest BCUT2D eigenvalue weighted by Crippen LogP contribution is 2.59. The van der Waals surface area contributed by atoms with Gasteiger partial charge >= 0.3 is 0 Å². The predicted molar refractivity (Wildman–Crippen MR) is 78.7 cm³/mol. The molecule has 2 heterocycles. The zero-order valence-corrected chi connectivity index (χ0v) is 11.4. The van der Waals surface area contributed by atoms with E-state index >= 15 is 0 Å². The van der Waals surface area contributed by atoms with Crippen molar-refractivity contribution >= 4 is 16.7 Å². The summed E-state index contributed by atoms with van der Waals surface area (Å²) in [6.45, 7) is 2.11. The quantitative estimate of drug-likeness (QED) is 0.850. The summed E-state index contributed by atoms with van der Waals surface area (Å²) >= 11 is 0. The summed E-state index contributed by atoms with van der Waals surface area (Å²) in [7, 11) is 0. The normalized spacial score (nSPS) is 23.9. The number of ketones is 1. The van der Waals surface area contributed by atoms with Crippen molar-refractivity contribution in [2.75, 3.05) is 13.1 Å². The molecule has 1 saturated carbocycles. The second-order valence-electron chi connectivity index (χ2n) is 6.11. The topological polar surface area (TPSA) is 42.0 Å². The Kier molecular flexibility index (Phi) is 2.64. The van der Waals surface area contributed by atoms with Crippen LogP contribution in [0.3, 0.4) is 0 Å². The van der Waals surface area contributed by atoms with E-state index in [2.05, 4.69) is 10.3 Å². The molecule has 2 aromatic rings. The smallest absolute Gasteiger partial charge is 0.168 e. The Morgan fingerprint density at radius 2 is 2.00 bits per heavy atom. The zero-order chi connectivity index (χ0) is 13.6. The Hall–Kier alpha value is -1.74. The van der Waals surface area contributed by atoms with Crippen LogP contribution in [0.5, 0.6) is 0 Å². The Bertz CT molecular complexity index is 668. The van der Waals surface area contributed by atoms with Gasteiger partial charge in [0.1, 0.15) is 0 Å². The monoisotopic (exact) mass is 266 g/mol. The molecule has 3 heteroatoms. The Balaban J connectivity index is 1.68.